The van der Waals surface area contributed by atoms with Gasteiger partial charge in [0.05, 0.1) is 7.11 Å². The average Bonchev–Trinajstić information content (AvgIpc) is 2.34. The SMILES string of the molecule is CCCCC(NC1CCSCC1)C(=O)OC. The number of methoxy groups -OCH3 is 1. The molecule has 0 saturated carbocycles. The van der Waals surface area contributed by atoms with Crippen LogP contribution in [0.3, 0.4) is 0 Å². The molecule has 16 heavy (non-hydrogen) atoms. The second-order valence-corrected chi connectivity index (χ2v) is 5.50. The van der Waals surface area contributed by atoms with E-state index in [2.05, 4.69) is 12.2 Å². The van der Waals surface area contributed by atoms with Crippen molar-refractivity contribution < 1.29 is 9.53 Å². The minimum atomic E-state index is -0.105. The lowest BCUT2D eigenvalue weighted by atomic mass is 10.1. The van der Waals surface area contributed by atoms with E-state index < -0.39 is 0 Å². The monoisotopic (exact) mass is 245 g/mol. The predicted octanol–water partition coefficient (Wildman–Crippen LogP) is 2.20. The van der Waals surface area contributed by atoms with Crippen LogP contribution in [0.1, 0.15) is 39.0 Å². The van der Waals surface area contributed by atoms with Crippen molar-refractivity contribution in [1.82, 2.24) is 5.32 Å². The highest BCUT2D eigenvalue weighted by atomic mass is 32.2. The maximum Gasteiger partial charge on any atom is 0.322 e. The van der Waals surface area contributed by atoms with Gasteiger partial charge in [0.1, 0.15) is 6.04 Å². The Balaban J connectivity index is 2.38. The molecule has 3 nitrogen and oxygen atoms in total. The molecule has 1 rings (SSSR count). The third-order valence-electron chi connectivity index (χ3n) is 2.99. The van der Waals surface area contributed by atoms with E-state index in [0.717, 1.165) is 19.3 Å². The molecule has 0 spiro atoms. The fraction of sp³-hybridized carbons (Fsp3) is 0.917. The number of hydrogen-bond acceptors (Lipinski definition) is 4. The first-order valence-electron chi connectivity index (χ1n) is 6.19. The number of esters is 1. The number of nitrogens with one attached hydrogen (secondary N) is 1. The van der Waals surface area contributed by atoms with Crippen molar-refractivity contribution in [3.05, 3.63) is 0 Å². The van der Waals surface area contributed by atoms with Gasteiger partial charge in [-0.15, -0.1) is 0 Å². The summed E-state index contributed by atoms with van der Waals surface area (Å²) < 4.78 is 4.84. The van der Waals surface area contributed by atoms with Gasteiger partial charge in [-0.3, -0.25) is 4.79 Å². The fourth-order valence-electron chi connectivity index (χ4n) is 1.97. The third-order valence-corrected chi connectivity index (χ3v) is 4.04. The van der Waals surface area contributed by atoms with E-state index in [9.17, 15) is 4.79 Å². The van der Waals surface area contributed by atoms with Crippen LogP contribution in [0.25, 0.3) is 0 Å². The van der Waals surface area contributed by atoms with Gasteiger partial charge in [-0.2, -0.15) is 11.8 Å². The Morgan fingerprint density at radius 1 is 1.50 bits per heavy atom. The second kappa shape index (κ2) is 7.96. The van der Waals surface area contributed by atoms with E-state index >= 15 is 0 Å². The Morgan fingerprint density at radius 3 is 2.75 bits per heavy atom. The lowest BCUT2D eigenvalue weighted by Crippen LogP contribution is -2.45. The smallest absolute Gasteiger partial charge is 0.322 e. The largest absolute Gasteiger partial charge is 0.468 e. The molecule has 0 radical (unpaired) electrons. The zero-order valence-electron chi connectivity index (χ0n) is 10.3. The van der Waals surface area contributed by atoms with Crippen LogP contribution in [-0.2, 0) is 9.53 Å². The highest BCUT2D eigenvalue weighted by Gasteiger charge is 2.23. The van der Waals surface area contributed by atoms with Gasteiger partial charge < -0.3 is 10.1 Å². The zero-order valence-corrected chi connectivity index (χ0v) is 11.1. The molecule has 0 aromatic rings. The molecule has 1 aliphatic rings. The molecule has 1 unspecified atom stereocenters. The topological polar surface area (TPSA) is 38.3 Å². The molecule has 0 amide bonds. The number of rotatable bonds is 6. The van der Waals surface area contributed by atoms with Gasteiger partial charge in [0.25, 0.3) is 0 Å². The number of ether oxygens (including phenoxy) is 1. The first-order chi connectivity index (χ1) is 7.77. The molecule has 1 atom stereocenters. The van der Waals surface area contributed by atoms with Crippen LogP contribution in [0, 0.1) is 0 Å². The van der Waals surface area contributed by atoms with Crippen LogP contribution in [0.4, 0.5) is 0 Å². The van der Waals surface area contributed by atoms with E-state index in [4.69, 9.17) is 4.74 Å². The summed E-state index contributed by atoms with van der Waals surface area (Å²) >= 11 is 2.00. The molecular weight excluding hydrogens is 222 g/mol. The highest BCUT2D eigenvalue weighted by Crippen LogP contribution is 2.18. The molecule has 1 heterocycles. The van der Waals surface area contributed by atoms with Gasteiger partial charge in [0.2, 0.25) is 0 Å². The standard InChI is InChI=1S/C12H23NO2S/c1-3-4-5-11(12(14)15-2)13-10-6-8-16-9-7-10/h10-11,13H,3-9H2,1-2H3. The van der Waals surface area contributed by atoms with Crippen molar-refractivity contribution in [2.45, 2.75) is 51.1 Å². The maximum absolute atomic E-state index is 11.6. The molecule has 0 aromatic heterocycles. The van der Waals surface area contributed by atoms with Gasteiger partial charge in [0, 0.05) is 6.04 Å². The normalized spacial score (nSPS) is 19.4. The lowest BCUT2D eigenvalue weighted by molar-refractivity contribution is -0.143. The van der Waals surface area contributed by atoms with Gasteiger partial charge in [0.15, 0.2) is 0 Å². The first kappa shape index (κ1) is 13.8. The summed E-state index contributed by atoms with van der Waals surface area (Å²) in [6, 6.07) is 0.403. The quantitative estimate of drug-likeness (QED) is 0.728. The molecule has 1 aliphatic heterocycles. The van der Waals surface area contributed by atoms with Gasteiger partial charge >= 0.3 is 5.97 Å². The van der Waals surface area contributed by atoms with Crippen LogP contribution in [0.15, 0.2) is 0 Å². The molecule has 0 bridgehead atoms. The number of carbonyl (C=O) groups is 1. The van der Waals surface area contributed by atoms with Crippen molar-refractivity contribution >= 4 is 17.7 Å². The molecular formula is C12H23NO2S. The molecule has 1 saturated heterocycles. The summed E-state index contributed by atoms with van der Waals surface area (Å²) in [5, 5.41) is 3.45. The maximum atomic E-state index is 11.6. The summed E-state index contributed by atoms with van der Waals surface area (Å²) in [6.07, 6.45) is 5.44. The number of carbonyl (C=O) groups excluding carboxylic acids is 1. The summed E-state index contributed by atoms with van der Waals surface area (Å²) in [6.45, 7) is 2.14. The van der Waals surface area contributed by atoms with Crippen LogP contribution in [0.5, 0.6) is 0 Å². The van der Waals surface area contributed by atoms with Crippen LogP contribution < -0.4 is 5.32 Å². The number of hydrogen-bond donors (Lipinski definition) is 1. The Labute approximate surface area is 103 Å². The van der Waals surface area contributed by atoms with Crippen molar-refractivity contribution in [3.63, 3.8) is 0 Å². The third kappa shape index (κ3) is 4.74. The lowest BCUT2D eigenvalue weighted by Gasteiger charge is -2.27. The van der Waals surface area contributed by atoms with E-state index in [1.54, 1.807) is 0 Å². The van der Waals surface area contributed by atoms with Crippen molar-refractivity contribution in [3.8, 4) is 0 Å². The van der Waals surface area contributed by atoms with Crippen molar-refractivity contribution in [1.29, 1.82) is 0 Å². The highest BCUT2D eigenvalue weighted by molar-refractivity contribution is 7.99. The minimum absolute atomic E-state index is 0.0990. The Kier molecular flexibility index (Phi) is 6.88. The fourth-order valence-corrected chi connectivity index (χ4v) is 3.07. The molecule has 0 aliphatic carbocycles. The van der Waals surface area contributed by atoms with E-state index in [1.807, 2.05) is 11.8 Å². The molecule has 0 aromatic carbocycles. The Hall–Kier alpha value is -0.220. The zero-order chi connectivity index (χ0) is 11.8. The van der Waals surface area contributed by atoms with Crippen LogP contribution in [-0.4, -0.2) is 36.7 Å². The van der Waals surface area contributed by atoms with Crippen LogP contribution in [0.2, 0.25) is 0 Å². The molecule has 1 fully saturated rings. The average molecular weight is 245 g/mol. The molecule has 4 heteroatoms. The van der Waals surface area contributed by atoms with E-state index in [0.29, 0.717) is 6.04 Å². The second-order valence-electron chi connectivity index (χ2n) is 4.27. The predicted molar refractivity (Wildman–Crippen MR) is 68.8 cm³/mol. The van der Waals surface area contributed by atoms with Crippen molar-refractivity contribution in [2.75, 3.05) is 18.6 Å². The van der Waals surface area contributed by atoms with E-state index in [-0.39, 0.29) is 12.0 Å². The Bertz CT molecular complexity index is 205. The minimum Gasteiger partial charge on any atom is -0.468 e. The van der Waals surface area contributed by atoms with Crippen molar-refractivity contribution in [2.24, 2.45) is 0 Å². The summed E-state index contributed by atoms with van der Waals surface area (Å²) in [4.78, 5) is 11.6. The molecule has 1 N–H and O–H groups in total. The number of thioether (sulfide) groups is 1. The first-order valence-corrected chi connectivity index (χ1v) is 7.35. The summed E-state index contributed by atoms with van der Waals surface area (Å²) in [5.41, 5.74) is 0. The van der Waals surface area contributed by atoms with Gasteiger partial charge in [-0.25, -0.2) is 0 Å². The summed E-state index contributed by atoms with van der Waals surface area (Å²) in [7, 11) is 1.47. The van der Waals surface area contributed by atoms with Gasteiger partial charge in [-0.05, 0) is 30.8 Å². The molecule has 94 valence electrons. The summed E-state index contributed by atoms with van der Waals surface area (Å²) in [5.74, 6) is 2.31. The van der Waals surface area contributed by atoms with Crippen LogP contribution >= 0.6 is 11.8 Å². The Morgan fingerprint density at radius 2 is 2.19 bits per heavy atom. The number of unbranched alkanes of at least 4 members (excludes halogenated alkanes) is 1. The van der Waals surface area contributed by atoms with E-state index in [1.165, 1.54) is 31.5 Å². The van der Waals surface area contributed by atoms with Gasteiger partial charge in [-0.1, -0.05) is 19.8 Å².